The summed E-state index contributed by atoms with van der Waals surface area (Å²) in [6, 6.07) is 34.7. The second kappa shape index (κ2) is 17.9. The fourth-order valence-electron chi connectivity index (χ4n) is 8.26. The van der Waals surface area contributed by atoms with Gasteiger partial charge in [-0.25, -0.2) is 0 Å². The summed E-state index contributed by atoms with van der Waals surface area (Å²) in [6.07, 6.45) is 0.574. The van der Waals surface area contributed by atoms with E-state index in [0.29, 0.717) is 102 Å². The molecule has 12 nitrogen and oxygen atoms in total. The number of halogens is 2. The molecule has 0 saturated carbocycles. The number of H-pyrrole nitrogens is 1. The van der Waals surface area contributed by atoms with Gasteiger partial charge in [0, 0.05) is 51.6 Å². The van der Waals surface area contributed by atoms with Gasteiger partial charge < -0.3 is 4.98 Å². The predicted octanol–water partition coefficient (Wildman–Crippen LogP) is 9.03. The molecule has 0 radical (unpaired) electrons. The number of aromatic nitrogens is 1. The van der Waals surface area contributed by atoms with E-state index in [1.807, 2.05) is 12.1 Å². The van der Waals surface area contributed by atoms with Gasteiger partial charge in [-0.05, 0) is 123 Å². The highest BCUT2D eigenvalue weighted by atomic mass is 35.5. The van der Waals surface area contributed by atoms with Gasteiger partial charge in [0.05, 0.1) is 44.4 Å². The molecule has 4 aliphatic rings. The largest absolute Gasteiger partial charge is 0.354 e. The molecule has 0 fully saturated rings. The number of imide groups is 3. The fourth-order valence-corrected chi connectivity index (χ4v) is 8.63. The molecule has 324 valence electrons. The second-order valence-corrected chi connectivity index (χ2v) is 16.1. The summed E-state index contributed by atoms with van der Waals surface area (Å²) in [5.41, 5.74) is 7.36. The van der Waals surface area contributed by atoms with Crippen molar-refractivity contribution >= 4 is 86.2 Å². The first kappa shape index (κ1) is 44.1. The van der Waals surface area contributed by atoms with Crippen molar-refractivity contribution in [2.24, 2.45) is 0 Å². The van der Waals surface area contributed by atoms with Crippen molar-refractivity contribution < 1.29 is 33.6 Å². The quantitative estimate of drug-likeness (QED) is 0.136. The summed E-state index contributed by atoms with van der Waals surface area (Å²) in [5, 5.41) is 2.29. The monoisotopic (exact) mass is 904 g/mol. The standard InChI is InChI=1S/C21H11Cl2NO2.3C10H9NO2/c22-12-1-3-14-10(6-12)5-11-7-17-19(9-16(11)20(14)25)24-18-8-13(23)2-4-15(18)21(17)26;3*1-2-11-9(12)7-5-3-4-6-8(7)10(11)13/h1-4,6-9H,5H2,(H,24,26);3*3-6H,2H2,1H3. The van der Waals surface area contributed by atoms with Crippen LogP contribution < -0.4 is 5.43 Å². The highest BCUT2D eigenvalue weighted by Gasteiger charge is 2.35. The zero-order valence-electron chi connectivity index (χ0n) is 35.2. The van der Waals surface area contributed by atoms with E-state index in [1.165, 1.54) is 14.7 Å². The first-order valence-electron chi connectivity index (χ1n) is 20.7. The lowest BCUT2D eigenvalue weighted by Gasteiger charge is -2.19. The van der Waals surface area contributed by atoms with Crippen LogP contribution in [0.4, 0.5) is 0 Å². The van der Waals surface area contributed by atoms with Crippen LogP contribution in [0.5, 0.6) is 0 Å². The first-order chi connectivity index (χ1) is 31.3. The highest BCUT2D eigenvalue weighted by molar-refractivity contribution is 6.31. The number of nitrogens with zero attached hydrogens (tertiary/aromatic N) is 3. The third-order valence-electron chi connectivity index (χ3n) is 11.5. The third-order valence-corrected chi connectivity index (χ3v) is 12.0. The Labute approximate surface area is 382 Å². The van der Waals surface area contributed by atoms with Crippen molar-refractivity contribution in [3.63, 3.8) is 0 Å². The van der Waals surface area contributed by atoms with E-state index in [0.717, 1.165) is 11.1 Å². The maximum Gasteiger partial charge on any atom is 0.261 e. The number of rotatable bonds is 3. The van der Waals surface area contributed by atoms with Crippen LogP contribution in [0.3, 0.4) is 0 Å². The van der Waals surface area contributed by atoms with E-state index in [9.17, 15) is 38.4 Å². The lowest BCUT2D eigenvalue weighted by atomic mass is 9.84. The maximum atomic E-state index is 12.9. The molecule has 0 spiro atoms. The summed E-state index contributed by atoms with van der Waals surface area (Å²) in [7, 11) is 0. The van der Waals surface area contributed by atoms with Crippen molar-refractivity contribution in [1.29, 1.82) is 0 Å². The molecule has 1 aromatic heterocycles. The third kappa shape index (κ3) is 7.91. The number of pyridine rings is 1. The zero-order chi connectivity index (χ0) is 46.3. The van der Waals surface area contributed by atoms with Gasteiger partial charge in [-0.15, -0.1) is 0 Å². The number of ketones is 1. The Bertz CT molecular complexity index is 2980. The van der Waals surface area contributed by atoms with Gasteiger partial charge in [0.2, 0.25) is 0 Å². The minimum absolute atomic E-state index is 0.0492. The molecule has 65 heavy (non-hydrogen) atoms. The molecule has 11 rings (SSSR count). The van der Waals surface area contributed by atoms with E-state index in [2.05, 4.69) is 4.98 Å². The van der Waals surface area contributed by atoms with Gasteiger partial charge in [0.15, 0.2) is 11.2 Å². The summed E-state index contributed by atoms with van der Waals surface area (Å²) < 4.78 is 0. The number of hydrogen-bond donors (Lipinski definition) is 1. The minimum Gasteiger partial charge on any atom is -0.354 e. The average Bonchev–Trinajstić information content (AvgIpc) is 3.83. The highest BCUT2D eigenvalue weighted by Crippen LogP contribution is 2.32. The van der Waals surface area contributed by atoms with Gasteiger partial charge in [0.1, 0.15) is 0 Å². The van der Waals surface area contributed by atoms with Crippen LogP contribution in [0.1, 0.15) is 110 Å². The van der Waals surface area contributed by atoms with E-state index in [-0.39, 0.29) is 46.7 Å². The number of carbonyl (C=O) groups is 7. The molecule has 6 aromatic carbocycles. The molecule has 7 aromatic rings. The maximum absolute atomic E-state index is 12.9. The average molecular weight is 906 g/mol. The van der Waals surface area contributed by atoms with Crippen LogP contribution in [-0.2, 0) is 6.42 Å². The molecule has 1 N–H and O–H groups in total. The summed E-state index contributed by atoms with van der Waals surface area (Å²) in [6.45, 7) is 6.69. The summed E-state index contributed by atoms with van der Waals surface area (Å²) >= 11 is 12.1. The van der Waals surface area contributed by atoms with E-state index in [4.69, 9.17) is 23.2 Å². The Hall–Kier alpha value is -7.54. The fraction of sp³-hybridized carbons (Fsp3) is 0.137. The van der Waals surface area contributed by atoms with Crippen molar-refractivity contribution in [2.45, 2.75) is 27.2 Å². The van der Waals surface area contributed by atoms with E-state index < -0.39 is 0 Å². The van der Waals surface area contributed by atoms with Crippen molar-refractivity contribution in [1.82, 2.24) is 19.7 Å². The van der Waals surface area contributed by atoms with Crippen LogP contribution in [0.25, 0.3) is 21.8 Å². The van der Waals surface area contributed by atoms with Crippen LogP contribution in [0.15, 0.2) is 126 Å². The van der Waals surface area contributed by atoms with Crippen molar-refractivity contribution in [2.75, 3.05) is 19.6 Å². The molecule has 0 unspecified atom stereocenters. The van der Waals surface area contributed by atoms with Gasteiger partial charge in [0.25, 0.3) is 35.4 Å². The normalized spacial score (nSPS) is 14.2. The second-order valence-electron chi connectivity index (χ2n) is 15.2. The molecule has 0 bridgehead atoms. The smallest absolute Gasteiger partial charge is 0.261 e. The lowest BCUT2D eigenvalue weighted by Crippen LogP contribution is -2.29. The van der Waals surface area contributed by atoms with E-state index in [1.54, 1.807) is 130 Å². The molecule has 3 aliphatic heterocycles. The summed E-state index contributed by atoms with van der Waals surface area (Å²) in [4.78, 5) is 102. The number of carbonyl (C=O) groups excluding carboxylic acids is 7. The molecular formula is C51H38Cl2N4O8. The minimum atomic E-state index is -0.178. The number of nitrogens with one attached hydrogen (secondary N) is 1. The molecule has 4 heterocycles. The molecule has 6 amide bonds. The Kier molecular flexibility index (Phi) is 12.1. The number of benzene rings is 6. The summed E-state index contributed by atoms with van der Waals surface area (Å²) in [5.74, 6) is -1.12. The van der Waals surface area contributed by atoms with Gasteiger partial charge in [-0.1, -0.05) is 59.6 Å². The molecular weight excluding hydrogens is 867 g/mol. The molecule has 0 saturated heterocycles. The number of hydrogen-bond acceptors (Lipinski definition) is 8. The SMILES string of the molecule is CCN1C(=O)c2ccccc2C1=O.CCN1C(=O)c2ccccc2C1=O.CCN1C(=O)c2ccccc2C1=O.O=C1c2ccc(Cl)cc2Cc2cc3c(=O)c4ccc(Cl)cc4[nH]c3cc21. The molecule has 0 atom stereocenters. The molecule has 14 heteroatoms. The Morgan fingerprint density at radius 1 is 0.415 bits per heavy atom. The van der Waals surface area contributed by atoms with Gasteiger partial charge in [-0.2, -0.15) is 0 Å². The Balaban J connectivity index is 0.000000126. The number of aromatic amines is 1. The topological polar surface area (TPSA) is 162 Å². The lowest BCUT2D eigenvalue weighted by molar-refractivity contribution is 0.0647. The van der Waals surface area contributed by atoms with E-state index >= 15 is 0 Å². The van der Waals surface area contributed by atoms with Crippen LogP contribution in [0.2, 0.25) is 10.0 Å². The van der Waals surface area contributed by atoms with Crippen molar-refractivity contribution in [3.05, 3.63) is 197 Å². The molecule has 1 aliphatic carbocycles. The predicted molar refractivity (Wildman–Crippen MR) is 247 cm³/mol. The Morgan fingerprint density at radius 3 is 1.20 bits per heavy atom. The van der Waals surface area contributed by atoms with Gasteiger partial charge in [-0.3, -0.25) is 53.1 Å². The van der Waals surface area contributed by atoms with Crippen LogP contribution in [-0.4, -0.2) is 80.5 Å². The number of amides is 6. The van der Waals surface area contributed by atoms with Crippen LogP contribution >= 0.6 is 23.2 Å². The van der Waals surface area contributed by atoms with Crippen molar-refractivity contribution in [3.8, 4) is 0 Å². The zero-order valence-corrected chi connectivity index (χ0v) is 36.8. The Morgan fingerprint density at radius 2 is 0.785 bits per heavy atom. The van der Waals surface area contributed by atoms with Crippen LogP contribution in [0, 0.1) is 0 Å². The number of fused-ring (bicyclic) bond motifs is 7. The first-order valence-corrected chi connectivity index (χ1v) is 21.5. The van der Waals surface area contributed by atoms with Gasteiger partial charge >= 0.3 is 0 Å².